The summed E-state index contributed by atoms with van der Waals surface area (Å²) in [4.78, 5) is 39.0. The second-order valence-corrected chi connectivity index (χ2v) is 8.25. The van der Waals surface area contributed by atoms with Crippen LogP contribution in [-0.4, -0.2) is 35.0 Å². The van der Waals surface area contributed by atoms with Gasteiger partial charge in [-0.1, -0.05) is 41.9 Å². The van der Waals surface area contributed by atoms with Gasteiger partial charge in [0, 0.05) is 29.8 Å². The number of hydrogen-bond donors (Lipinski definition) is 1. The molecule has 1 aliphatic rings. The Balaban J connectivity index is 1.46. The van der Waals surface area contributed by atoms with Crippen LogP contribution in [0.3, 0.4) is 0 Å². The molecule has 5 nitrogen and oxygen atoms in total. The third-order valence-electron chi connectivity index (χ3n) is 3.85. The zero-order valence-electron chi connectivity index (χ0n) is 14.3. The van der Waals surface area contributed by atoms with Crippen LogP contribution >= 0.6 is 34.7 Å². The van der Waals surface area contributed by atoms with Crippen molar-refractivity contribution in [2.75, 3.05) is 13.1 Å². The van der Waals surface area contributed by atoms with E-state index in [4.69, 9.17) is 11.6 Å². The molecule has 1 aliphatic heterocycles. The van der Waals surface area contributed by atoms with Crippen molar-refractivity contribution in [2.24, 2.45) is 0 Å². The van der Waals surface area contributed by atoms with Gasteiger partial charge in [-0.3, -0.25) is 19.3 Å². The molecule has 0 radical (unpaired) electrons. The molecule has 1 saturated heterocycles. The number of halogens is 1. The van der Waals surface area contributed by atoms with Gasteiger partial charge in [0.25, 0.3) is 11.1 Å². The Labute approximate surface area is 170 Å². The topological polar surface area (TPSA) is 66.5 Å². The number of benzene rings is 1. The summed E-state index contributed by atoms with van der Waals surface area (Å²) >= 11 is 8.29. The second kappa shape index (κ2) is 9.21. The maximum Gasteiger partial charge on any atom is 0.293 e. The minimum atomic E-state index is -0.323. The quantitative estimate of drug-likeness (QED) is 0.682. The van der Waals surface area contributed by atoms with Crippen molar-refractivity contribution in [1.29, 1.82) is 0 Å². The number of thiophene rings is 1. The van der Waals surface area contributed by atoms with Crippen LogP contribution < -0.4 is 5.32 Å². The lowest BCUT2D eigenvalue weighted by Crippen LogP contribution is -2.37. The number of aryl methyl sites for hydroxylation is 1. The monoisotopic (exact) mass is 420 g/mol. The lowest BCUT2D eigenvalue weighted by molar-refractivity contribution is -0.124. The van der Waals surface area contributed by atoms with E-state index in [0.717, 1.165) is 22.2 Å². The molecule has 1 aromatic heterocycles. The fourth-order valence-electron chi connectivity index (χ4n) is 2.51. The summed E-state index contributed by atoms with van der Waals surface area (Å²) in [6.07, 6.45) is 2.66. The molecular formula is C19H17ClN2O3S2. The average molecular weight is 421 g/mol. The highest BCUT2D eigenvalue weighted by Gasteiger charge is 2.34. The van der Waals surface area contributed by atoms with Gasteiger partial charge in [-0.05, 0) is 35.9 Å². The van der Waals surface area contributed by atoms with Gasteiger partial charge in [-0.25, -0.2) is 0 Å². The van der Waals surface area contributed by atoms with E-state index in [2.05, 4.69) is 5.32 Å². The number of amides is 3. The summed E-state index contributed by atoms with van der Waals surface area (Å²) in [5, 5.41) is 4.94. The van der Waals surface area contributed by atoms with E-state index in [-0.39, 0.29) is 30.1 Å². The predicted molar refractivity (Wildman–Crippen MR) is 110 cm³/mol. The molecular weight excluding hydrogens is 404 g/mol. The highest BCUT2D eigenvalue weighted by molar-refractivity contribution is 8.18. The molecule has 27 heavy (non-hydrogen) atoms. The summed E-state index contributed by atoms with van der Waals surface area (Å²) < 4.78 is 0. The Bertz CT molecular complexity index is 880. The van der Waals surface area contributed by atoms with Crippen molar-refractivity contribution >= 4 is 57.8 Å². The number of nitrogens with zero attached hydrogens (tertiary/aromatic N) is 1. The maximum absolute atomic E-state index is 12.4. The molecule has 0 unspecified atom stereocenters. The molecule has 140 valence electrons. The largest absolute Gasteiger partial charge is 0.354 e. The Hall–Kier alpha value is -2.09. The van der Waals surface area contributed by atoms with E-state index >= 15 is 0 Å². The zero-order valence-corrected chi connectivity index (χ0v) is 16.7. The standard InChI is InChI=1S/C19H17ClN2O3S2/c20-14-11-15(26-12-14)6-7-17(23)21-8-9-22-18(24)16(27-19(22)25)10-13-4-2-1-3-5-13/h1-5,10-12H,6-9H2,(H,21,23)/b16-10+. The number of thioether (sulfide) groups is 1. The Kier molecular flexibility index (Phi) is 6.71. The first-order valence-electron chi connectivity index (χ1n) is 8.33. The Morgan fingerprint density at radius 3 is 2.70 bits per heavy atom. The van der Waals surface area contributed by atoms with Crippen molar-refractivity contribution in [1.82, 2.24) is 10.2 Å². The summed E-state index contributed by atoms with van der Waals surface area (Å²) in [5.74, 6) is -0.442. The zero-order chi connectivity index (χ0) is 19.2. The van der Waals surface area contributed by atoms with Crippen LogP contribution in [0.4, 0.5) is 4.79 Å². The fourth-order valence-corrected chi connectivity index (χ4v) is 4.45. The summed E-state index contributed by atoms with van der Waals surface area (Å²) in [6.45, 7) is 0.397. The molecule has 1 N–H and O–H groups in total. The van der Waals surface area contributed by atoms with Crippen molar-refractivity contribution in [3.8, 4) is 0 Å². The van der Waals surface area contributed by atoms with Crippen molar-refractivity contribution in [3.05, 3.63) is 62.1 Å². The highest BCUT2D eigenvalue weighted by Crippen LogP contribution is 2.31. The number of imide groups is 1. The van der Waals surface area contributed by atoms with Crippen LogP contribution in [0.15, 0.2) is 46.7 Å². The van der Waals surface area contributed by atoms with E-state index in [1.807, 2.05) is 41.8 Å². The number of rotatable bonds is 7. The molecule has 3 amide bonds. The third-order valence-corrected chi connectivity index (χ3v) is 6.10. The number of nitrogens with one attached hydrogen (secondary N) is 1. The molecule has 0 saturated carbocycles. The molecule has 3 rings (SSSR count). The fraction of sp³-hybridized carbons (Fsp3) is 0.211. The summed E-state index contributed by atoms with van der Waals surface area (Å²) in [6, 6.07) is 11.2. The van der Waals surface area contributed by atoms with Crippen molar-refractivity contribution in [2.45, 2.75) is 12.8 Å². The molecule has 0 aliphatic carbocycles. The molecule has 2 aromatic rings. The van der Waals surface area contributed by atoms with E-state index in [0.29, 0.717) is 22.8 Å². The molecule has 1 aromatic carbocycles. The van der Waals surface area contributed by atoms with Crippen LogP contribution in [0.25, 0.3) is 6.08 Å². The van der Waals surface area contributed by atoms with E-state index in [1.165, 1.54) is 16.2 Å². The number of carbonyl (C=O) groups excluding carboxylic acids is 3. The Morgan fingerprint density at radius 2 is 2.00 bits per heavy atom. The van der Waals surface area contributed by atoms with Gasteiger partial charge in [-0.2, -0.15) is 0 Å². The SMILES string of the molecule is O=C(CCc1cc(Cl)cs1)NCCN1C(=O)S/C(=C/c2ccccc2)C1=O. The Morgan fingerprint density at radius 1 is 1.22 bits per heavy atom. The van der Waals surface area contributed by atoms with Gasteiger partial charge in [0.15, 0.2) is 0 Å². The van der Waals surface area contributed by atoms with Gasteiger partial charge < -0.3 is 5.32 Å². The minimum Gasteiger partial charge on any atom is -0.354 e. The molecule has 0 bridgehead atoms. The second-order valence-electron chi connectivity index (χ2n) is 5.83. The summed E-state index contributed by atoms with van der Waals surface area (Å²) in [5.41, 5.74) is 0.866. The molecule has 0 spiro atoms. The highest BCUT2D eigenvalue weighted by atomic mass is 35.5. The van der Waals surface area contributed by atoms with Crippen LogP contribution in [0, 0.1) is 0 Å². The van der Waals surface area contributed by atoms with Gasteiger partial charge in [0.1, 0.15) is 0 Å². The summed E-state index contributed by atoms with van der Waals surface area (Å²) in [7, 11) is 0. The van der Waals surface area contributed by atoms with Crippen LogP contribution in [0.5, 0.6) is 0 Å². The van der Waals surface area contributed by atoms with E-state index in [9.17, 15) is 14.4 Å². The van der Waals surface area contributed by atoms with Crippen LogP contribution in [0.2, 0.25) is 5.02 Å². The maximum atomic E-state index is 12.4. The lowest BCUT2D eigenvalue weighted by Gasteiger charge is -2.12. The van der Waals surface area contributed by atoms with Crippen molar-refractivity contribution < 1.29 is 14.4 Å². The first-order valence-corrected chi connectivity index (χ1v) is 10.4. The van der Waals surface area contributed by atoms with Gasteiger partial charge in [0.05, 0.1) is 9.93 Å². The number of hydrogen-bond acceptors (Lipinski definition) is 5. The lowest BCUT2D eigenvalue weighted by atomic mass is 10.2. The average Bonchev–Trinajstić information content (AvgIpc) is 3.19. The van der Waals surface area contributed by atoms with Gasteiger partial charge >= 0.3 is 0 Å². The third kappa shape index (κ3) is 5.45. The minimum absolute atomic E-state index is 0.119. The molecule has 0 atom stereocenters. The normalized spacial score (nSPS) is 15.6. The smallest absolute Gasteiger partial charge is 0.293 e. The van der Waals surface area contributed by atoms with E-state index in [1.54, 1.807) is 6.08 Å². The molecule has 1 fully saturated rings. The van der Waals surface area contributed by atoms with Gasteiger partial charge in [0.2, 0.25) is 5.91 Å². The first kappa shape index (κ1) is 19.7. The van der Waals surface area contributed by atoms with Crippen LogP contribution in [-0.2, 0) is 16.0 Å². The van der Waals surface area contributed by atoms with E-state index < -0.39 is 0 Å². The first-order chi connectivity index (χ1) is 13.0. The molecule has 2 heterocycles. The molecule has 8 heteroatoms. The van der Waals surface area contributed by atoms with Gasteiger partial charge in [-0.15, -0.1) is 11.3 Å². The van der Waals surface area contributed by atoms with Crippen LogP contribution in [0.1, 0.15) is 16.9 Å². The predicted octanol–water partition coefficient (Wildman–Crippen LogP) is 4.19. The number of carbonyl (C=O) groups is 3. The van der Waals surface area contributed by atoms with Crippen molar-refractivity contribution in [3.63, 3.8) is 0 Å².